The first-order valence-electron chi connectivity index (χ1n) is 7.96. The molecule has 122 valence electrons. The van der Waals surface area contributed by atoms with E-state index in [2.05, 4.69) is 20.9 Å². The van der Waals surface area contributed by atoms with Crippen LogP contribution in [0.4, 0.5) is 11.6 Å². The molecule has 0 saturated carbocycles. The highest BCUT2D eigenvalue weighted by Crippen LogP contribution is 2.31. The van der Waals surface area contributed by atoms with E-state index in [4.69, 9.17) is 0 Å². The summed E-state index contributed by atoms with van der Waals surface area (Å²) in [6, 6.07) is 3.84. The number of hydrogen-bond acceptors (Lipinski definition) is 5. The second-order valence-corrected chi connectivity index (χ2v) is 6.27. The van der Waals surface area contributed by atoms with Crippen LogP contribution in [0.2, 0.25) is 0 Å². The first-order valence-corrected chi connectivity index (χ1v) is 7.96. The zero-order chi connectivity index (χ0) is 16.4. The third-order valence-electron chi connectivity index (χ3n) is 4.48. The van der Waals surface area contributed by atoms with Crippen molar-refractivity contribution in [3.05, 3.63) is 46.6 Å². The smallest absolute Gasteiger partial charge is 0.250 e. The molecule has 0 atom stereocenters. The predicted octanol–water partition coefficient (Wildman–Crippen LogP) is 1.63. The van der Waals surface area contributed by atoms with E-state index in [9.17, 15) is 4.79 Å². The van der Waals surface area contributed by atoms with E-state index >= 15 is 0 Å². The molecule has 0 bridgehead atoms. The molecule has 0 spiro atoms. The maximum atomic E-state index is 11.8. The average molecular weight is 313 g/mol. The minimum atomic E-state index is 0.0637. The largest absolute Gasteiger partial charge is 0.360 e. The number of aryl methyl sites for hydroxylation is 1. The summed E-state index contributed by atoms with van der Waals surface area (Å²) in [5.74, 6) is 2.29. The molecule has 1 aliphatic rings. The summed E-state index contributed by atoms with van der Waals surface area (Å²) in [4.78, 5) is 25.0. The Morgan fingerprint density at radius 2 is 1.87 bits per heavy atom. The van der Waals surface area contributed by atoms with Crippen LogP contribution in [0.5, 0.6) is 0 Å². The highest BCUT2D eigenvalue weighted by atomic mass is 16.1. The van der Waals surface area contributed by atoms with Gasteiger partial charge in [0.2, 0.25) is 0 Å². The van der Waals surface area contributed by atoms with E-state index in [1.54, 1.807) is 30.1 Å². The van der Waals surface area contributed by atoms with Crippen molar-refractivity contribution in [1.29, 1.82) is 0 Å². The molecule has 3 heterocycles. The second-order valence-electron chi connectivity index (χ2n) is 6.27. The summed E-state index contributed by atoms with van der Waals surface area (Å²) in [7, 11) is 5.76. The first kappa shape index (κ1) is 15.5. The highest BCUT2D eigenvalue weighted by Gasteiger charge is 2.24. The molecule has 0 unspecified atom stereocenters. The third kappa shape index (κ3) is 3.21. The van der Waals surface area contributed by atoms with Crippen molar-refractivity contribution in [1.82, 2.24) is 14.5 Å². The van der Waals surface area contributed by atoms with Crippen LogP contribution in [0.25, 0.3) is 0 Å². The fourth-order valence-corrected chi connectivity index (χ4v) is 3.10. The molecular weight excluding hydrogens is 290 g/mol. The Morgan fingerprint density at radius 3 is 2.52 bits per heavy atom. The maximum absolute atomic E-state index is 11.8. The van der Waals surface area contributed by atoms with Crippen LogP contribution in [-0.2, 0) is 7.05 Å². The van der Waals surface area contributed by atoms with Crippen molar-refractivity contribution in [3.8, 4) is 0 Å². The topological polar surface area (TPSA) is 54.3 Å². The number of hydrogen-bond donors (Lipinski definition) is 0. The van der Waals surface area contributed by atoms with Crippen LogP contribution in [0.1, 0.15) is 24.3 Å². The number of nitrogens with zero attached hydrogens (tertiary/aromatic N) is 5. The molecule has 23 heavy (non-hydrogen) atoms. The Kier molecular flexibility index (Phi) is 4.32. The summed E-state index contributed by atoms with van der Waals surface area (Å²) in [5.41, 5.74) is 1.22. The Balaban J connectivity index is 1.74. The van der Waals surface area contributed by atoms with E-state index in [1.807, 2.05) is 25.2 Å². The summed E-state index contributed by atoms with van der Waals surface area (Å²) in [5, 5.41) is 0. The lowest BCUT2D eigenvalue weighted by atomic mass is 9.90. The average Bonchev–Trinajstić information content (AvgIpc) is 2.57. The minimum absolute atomic E-state index is 0.0637. The molecule has 1 fully saturated rings. The Hall–Kier alpha value is -2.37. The van der Waals surface area contributed by atoms with Crippen molar-refractivity contribution in [3.63, 3.8) is 0 Å². The monoisotopic (exact) mass is 313 g/mol. The summed E-state index contributed by atoms with van der Waals surface area (Å²) < 4.78 is 1.61. The van der Waals surface area contributed by atoms with Gasteiger partial charge in [0.05, 0.1) is 0 Å². The van der Waals surface area contributed by atoms with Gasteiger partial charge >= 0.3 is 0 Å². The van der Waals surface area contributed by atoms with Gasteiger partial charge < -0.3 is 14.4 Å². The van der Waals surface area contributed by atoms with Gasteiger partial charge in [-0.3, -0.25) is 4.79 Å². The van der Waals surface area contributed by atoms with Gasteiger partial charge in [0.1, 0.15) is 0 Å². The van der Waals surface area contributed by atoms with Gasteiger partial charge in [-0.2, -0.15) is 0 Å². The molecule has 0 N–H and O–H groups in total. The standard InChI is InChI=1S/C17H23N5O/c1-20(2)16-17(19-8-7-18-16)22-10-5-13(6-11-22)14-4-9-21(3)15(23)12-14/h4,7-9,12-13H,5-6,10-11H2,1-3H3. The fourth-order valence-electron chi connectivity index (χ4n) is 3.10. The lowest BCUT2D eigenvalue weighted by molar-refractivity contribution is 0.501. The molecular formula is C17H23N5O. The Morgan fingerprint density at radius 1 is 1.17 bits per heavy atom. The lowest BCUT2D eigenvalue weighted by Gasteiger charge is -2.34. The lowest BCUT2D eigenvalue weighted by Crippen LogP contribution is -2.35. The van der Waals surface area contributed by atoms with Gasteiger partial charge in [-0.25, -0.2) is 9.97 Å². The van der Waals surface area contributed by atoms with Gasteiger partial charge in [-0.15, -0.1) is 0 Å². The van der Waals surface area contributed by atoms with Crippen molar-refractivity contribution < 1.29 is 0 Å². The van der Waals surface area contributed by atoms with Crippen LogP contribution in [-0.4, -0.2) is 41.7 Å². The molecule has 3 rings (SSSR count). The predicted molar refractivity (Wildman–Crippen MR) is 92.2 cm³/mol. The molecule has 0 amide bonds. The van der Waals surface area contributed by atoms with Crippen molar-refractivity contribution in [2.45, 2.75) is 18.8 Å². The number of anilines is 2. The fraction of sp³-hybridized carbons (Fsp3) is 0.471. The van der Waals surface area contributed by atoms with Crippen molar-refractivity contribution in [2.75, 3.05) is 37.0 Å². The Bertz CT molecular complexity index is 732. The van der Waals surface area contributed by atoms with E-state index in [1.165, 1.54) is 0 Å². The Labute approximate surface area is 136 Å². The molecule has 0 aromatic carbocycles. The van der Waals surface area contributed by atoms with Gasteiger partial charge in [0, 0.05) is 58.9 Å². The van der Waals surface area contributed by atoms with Crippen molar-refractivity contribution in [2.24, 2.45) is 7.05 Å². The SMILES string of the molecule is CN(C)c1nccnc1N1CCC(c2ccn(C)c(=O)c2)CC1. The van der Waals surface area contributed by atoms with E-state index in [-0.39, 0.29) is 5.56 Å². The van der Waals surface area contributed by atoms with E-state index in [0.29, 0.717) is 5.92 Å². The second kappa shape index (κ2) is 6.40. The number of piperidine rings is 1. The third-order valence-corrected chi connectivity index (χ3v) is 4.48. The molecule has 6 heteroatoms. The quantitative estimate of drug-likeness (QED) is 0.862. The van der Waals surface area contributed by atoms with Crippen molar-refractivity contribution >= 4 is 11.6 Å². The van der Waals surface area contributed by atoms with Crippen LogP contribution >= 0.6 is 0 Å². The summed E-state index contributed by atoms with van der Waals surface area (Å²) in [6.45, 7) is 1.86. The molecule has 2 aromatic heterocycles. The molecule has 0 radical (unpaired) electrons. The number of pyridine rings is 1. The van der Waals surface area contributed by atoms with Crippen LogP contribution in [0, 0.1) is 0 Å². The maximum Gasteiger partial charge on any atom is 0.250 e. The summed E-state index contributed by atoms with van der Waals surface area (Å²) >= 11 is 0. The van der Waals surface area contributed by atoms with Gasteiger partial charge in [-0.05, 0) is 30.4 Å². The van der Waals surface area contributed by atoms with Gasteiger partial charge in [0.25, 0.3) is 5.56 Å². The molecule has 0 aliphatic carbocycles. The zero-order valence-corrected chi connectivity index (χ0v) is 13.9. The number of rotatable bonds is 3. The van der Waals surface area contributed by atoms with Gasteiger partial charge in [0.15, 0.2) is 11.6 Å². The molecule has 1 aliphatic heterocycles. The van der Waals surface area contributed by atoms with E-state index in [0.717, 1.165) is 43.1 Å². The number of aromatic nitrogens is 3. The highest BCUT2D eigenvalue weighted by molar-refractivity contribution is 5.61. The zero-order valence-electron chi connectivity index (χ0n) is 13.9. The minimum Gasteiger partial charge on any atom is -0.360 e. The normalized spacial score (nSPS) is 15.7. The molecule has 2 aromatic rings. The first-order chi connectivity index (χ1) is 11.1. The van der Waals surface area contributed by atoms with Crippen LogP contribution in [0.3, 0.4) is 0 Å². The van der Waals surface area contributed by atoms with E-state index < -0.39 is 0 Å². The van der Waals surface area contributed by atoms with Crippen LogP contribution < -0.4 is 15.4 Å². The summed E-state index contributed by atoms with van der Waals surface area (Å²) in [6.07, 6.45) is 7.38. The molecule has 6 nitrogen and oxygen atoms in total. The van der Waals surface area contributed by atoms with Gasteiger partial charge in [-0.1, -0.05) is 0 Å². The van der Waals surface area contributed by atoms with Crippen LogP contribution in [0.15, 0.2) is 35.5 Å². The molecule has 1 saturated heterocycles.